The van der Waals surface area contributed by atoms with Crippen LogP contribution in [0.2, 0.25) is 0 Å². The number of hydrogen-bond acceptors (Lipinski definition) is 4. The average Bonchev–Trinajstić information content (AvgIpc) is 2.29. The first-order valence-corrected chi connectivity index (χ1v) is 6.11. The van der Waals surface area contributed by atoms with Crippen molar-refractivity contribution in [3.8, 4) is 5.75 Å². The summed E-state index contributed by atoms with van der Waals surface area (Å²) in [5.41, 5.74) is -1.59. The average molecular weight is 325 g/mol. The van der Waals surface area contributed by atoms with Gasteiger partial charge in [0.15, 0.2) is 11.6 Å². The Kier molecular flexibility index (Phi) is 5.23. The lowest BCUT2D eigenvalue weighted by molar-refractivity contribution is -0.275. The lowest BCUT2D eigenvalue weighted by Crippen LogP contribution is -2.27. The van der Waals surface area contributed by atoms with Gasteiger partial charge in [0.05, 0.1) is 12.3 Å². The van der Waals surface area contributed by atoms with Crippen molar-refractivity contribution in [3.05, 3.63) is 23.5 Å². The molecule has 0 aliphatic rings. The molecule has 1 rings (SSSR count). The van der Waals surface area contributed by atoms with Crippen LogP contribution in [0.5, 0.6) is 5.75 Å². The quantitative estimate of drug-likeness (QED) is 0.834. The van der Waals surface area contributed by atoms with E-state index < -0.39 is 41.8 Å². The maximum Gasteiger partial charge on any atom is 0.573 e. The van der Waals surface area contributed by atoms with E-state index in [0.717, 1.165) is 6.07 Å². The number of alkyl halides is 3. The third-order valence-corrected chi connectivity index (χ3v) is 2.23. The van der Waals surface area contributed by atoms with Crippen LogP contribution in [0.1, 0.15) is 26.3 Å². The Morgan fingerprint density at radius 3 is 2.32 bits per heavy atom. The highest BCUT2D eigenvalue weighted by atomic mass is 19.4. The van der Waals surface area contributed by atoms with Crippen LogP contribution in [0.25, 0.3) is 0 Å². The van der Waals surface area contributed by atoms with Crippen molar-refractivity contribution in [2.24, 2.45) is 0 Å². The van der Waals surface area contributed by atoms with Crippen molar-refractivity contribution in [1.29, 1.82) is 0 Å². The van der Waals surface area contributed by atoms with Gasteiger partial charge in [-0.2, -0.15) is 0 Å². The zero-order valence-electron chi connectivity index (χ0n) is 12.0. The molecule has 0 bridgehead atoms. The predicted molar refractivity (Wildman–Crippen MR) is 68.9 cm³/mol. The Morgan fingerprint density at radius 2 is 1.86 bits per heavy atom. The van der Waals surface area contributed by atoms with Gasteiger partial charge in [-0.05, 0) is 32.9 Å². The van der Waals surface area contributed by atoms with E-state index in [4.69, 9.17) is 9.84 Å². The van der Waals surface area contributed by atoms with Crippen LogP contribution in [-0.2, 0) is 11.3 Å². The second kappa shape index (κ2) is 6.39. The molecule has 5 nitrogen and oxygen atoms in total. The highest BCUT2D eigenvalue weighted by molar-refractivity contribution is 5.86. The smallest absolute Gasteiger partial charge is 0.444 e. The number of ether oxygens (including phenoxy) is 2. The van der Waals surface area contributed by atoms with Gasteiger partial charge in [0, 0.05) is 5.56 Å². The first kappa shape index (κ1) is 18.0. The molecule has 1 amide bonds. The fraction of sp³-hybridized carbons (Fsp3) is 0.462. The summed E-state index contributed by atoms with van der Waals surface area (Å²) in [7, 11) is 0. The van der Waals surface area contributed by atoms with Gasteiger partial charge >= 0.3 is 12.5 Å². The molecule has 1 aromatic rings. The van der Waals surface area contributed by atoms with Crippen molar-refractivity contribution in [3.63, 3.8) is 0 Å². The molecule has 22 heavy (non-hydrogen) atoms. The molecule has 0 saturated heterocycles. The Hall–Kier alpha value is -2.03. The Labute approximate surface area is 123 Å². The number of hydrogen-bond donors (Lipinski definition) is 2. The first-order chi connectivity index (χ1) is 9.93. The Bertz CT molecular complexity index is 552. The fourth-order valence-corrected chi connectivity index (χ4v) is 1.49. The molecule has 0 unspecified atom stereocenters. The summed E-state index contributed by atoms with van der Waals surface area (Å²) in [5.74, 6) is -2.53. The lowest BCUT2D eigenvalue weighted by Gasteiger charge is -2.20. The number of nitrogens with one attached hydrogen (secondary N) is 1. The second-order valence-corrected chi connectivity index (χ2v) is 5.24. The second-order valence-electron chi connectivity index (χ2n) is 5.24. The van der Waals surface area contributed by atoms with E-state index in [1.54, 1.807) is 20.8 Å². The minimum atomic E-state index is -5.08. The minimum Gasteiger partial charge on any atom is -0.444 e. The molecule has 0 aliphatic carbocycles. The third-order valence-electron chi connectivity index (χ3n) is 2.23. The Balaban J connectivity index is 3.03. The van der Waals surface area contributed by atoms with Crippen LogP contribution in [0, 0.1) is 5.82 Å². The zero-order chi connectivity index (χ0) is 17.1. The molecule has 0 radical (unpaired) electrons. The van der Waals surface area contributed by atoms with Gasteiger partial charge < -0.3 is 14.6 Å². The van der Waals surface area contributed by atoms with Gasteiger partial charge in [0.25, 0.3) is 0 Å². The van der Waals surface area contributed by atoms with Gasteiger partial charge in [-0.25, -0.2) is 9.18 Å². The number of aliphatic hydroxyl groups is 1. The molecule has 9 heteroatoms. The van der Waals surface area contributed by atoms with Gasteiger partial charge in [0.1, 0.15) is 5.60 Å². The predicted octanol–water partition coefficient (Wildman–Crippen LogP) is 3.56. The molecule has 1 aromatic carbocycles. The van der Waals surface area contributed by atoms with Crippen LogP contribution in [0.3, 0.4) is 0 Å². The number of anilines is 1. The summed E-state index contributed by atoms with van der Waals surface area (Å²) in [4.78, 5) is 11.6. The maximum absolute atomic E-state index is 13.9. The van der Waals surface area contributed by atoms with Crippen molar-refractivity contribution in [2.45, 2.75) is 39.3 Å². The molecule has 124 valence electrons. The number of rotatable bonds is 3. The number of carbonyl (C=O) groups excluding carboxylic acids is 1. The monoisotopic (exact) mass is 325 g/mol. The summed E-state index contributed by atoms with van der Waals surface area (Å²) < 4.78 is 58.6. The highest BCUT2D eigenvalue weighted by Crippen LogP contribution is 2.31. The standard InChI is InChI=1S/C13H15F4NO4/c1-12(2,3)22-11(20)18-8-4-5-9(21-13(15,16)17)10(14)7(8)6-19/h4-5,19H,6H2,1-3H3,(H,18,20). The van der Waals surface area contributed by atoms with Crippen LogP contribution in [-0.4, -0.2) is 23.2 Å². The van der Waals surface area contributed by atoms with E-state index in [0.29, 0.717) is 6.07 Å². The molecule has 0 spiro atoms. The Morgan fingerprint density at radius 1 is 1.27 bits per heavy atom. The number of halogens is 4. The number of carbonyl (C=O) groups is 1. The SMILES string of the molecule is CC(C)(C)OC(=O)Nc1ccc(OC(F)(F)F)c(F)c1CO. The number of benzene rings is 1. The third kappa shape index (κ3) is 5.40. The van der Waals surface area contributed by atoms with Gasteiger partial charge in [-0.1, -0.05) is 0 Å². The first-order valence-electron chi connectivity index (χ1n) is 6.11. The maximum atomic E-state index is 13.9. The normalized spacial score (nSPS) is 12.0. The molecule has 0 atom stereocenters. The topological polar surface area (TPSA) is 67.8 Å². The summed E-state index contributed by atoms with van der Waals surface area (Å²) >= 11 is 0. The largest absolute Gasteiger partial charge is 0.573 e. The number of amides is 1. The molecule has 0 fully saturated rings. The van der Waals surface area contributed by atoms with E-state index in [9.17, 15) is 22.4 Å². The van der Waals surface area contributed by atoms with E-state index in [1.807, 2.05) is 0 Å². The summed E-state index contributed by atoms with van der Waals surface area (Å²) in [5, 5.41) is 11.2. The fourth-order valence-electron chi connectivity index (χ4n) is 1.49. The van der Waals surface area contributed by atoms with Crippen molar-refractivity contribution in [2.75, 3.05) is 5.32 Å². The molecule has 0 aromatic heterocycles. The molecule has 2 N–H and O–H groups in total. The van der Waals surface area contributed by atoms with E-state index in [1.165, 1.54) is 0 Å². The van der Waals surface area contributed by atoms with Crippen LogP contribution in [0.15, 0.2) is 12.1 Å². The number of aliphatic hydroxyl groups excluding tert-OH is 1. The summed E-state index contributed by atoms with van der Waals surface area (Å²) in [6, 6.07) is 1.66. The molecular formula is C13H15F4NO4. The van der Waals surface area contributed by atoms with Crippen molar-refractivity contribution < 1.29 is 36.9 Å². The molecular weight excluding hydrogens is 310 g/mol. The molecule has 0 heterocycles. The summed E-state index contributed by atoms with van der Waals surface area (Å²) in [6.07, 6.45) is -6.01. The van der Waals surface area contributed by atoms with Gasteiger partial charge in [-0.15, -0.1) is 13.2 Å². The van der Waals surface area contributed by atoms with Crippen molar-refractivity contribution in [1.82, 2.24) is 0 Å². The molecule has 0 aliphatic heterocycles. The van der Waals surface area contributed by atoms with Crippen LogP contribution >= 0.6 is 0 Å². The summed E-state index contributed by atoms with van der Waals surface area (Å²) in [6.45, 7) is 3.85. The van der Waals surface area contributed by atoms with Gasteiger partial charge in [-0.3, -0.25) is 5.32 Å². The minimum absolute atomic E-state index is 0.219. The van der Waals surface area contributed by atoms with Crippen LogP contribution < -0.4 is 10.1 Å². The zero-order valence-corrected chi connectivity index (χ0v) is 12.0. The van der Waals surface area contributed by atoms with Crippen molar-refractivity contribution >= 4 is 11.8 Å². The van der Waals surface area contributed by atoms with Gasteiger partial charge in [0.2, 0.25) is 0 Å². The van der Waals surface area contributed by atoms with E-state index in [2.05, 4.69) is 10.1 Å². The van der Waals surface area contributed by atoms with Crippen LogP contribution in [0.4, 0.5) is 28.0 Å². The highest BCUT2D eigenvalue weighted by Gasteiger charge is 2.33. The van der Waals surface area contributed by atoms with E-state index >= 15 is 0 Å². The molecule has 0 saturated carbocycles. The van der Waals surface area contributed by atoms with E-state index in [-0.39, 0.29) is 5.69 Å². The lowest BCUT2D eigenvalue weighted by atomic mass is 10.1.